The molecule has 130 valence electrons. The van der Waals surface area contributed by atoms with Gasteiger partial charge in [-0.3, -0.25) is 9.78 Å². The van der Waals surface area contributed by atoms with Gasteiger partial charge in [-0.05, 0) is 30.2 Å². The zero-order valence-corrected chi connectivity index (χ0v) is 14.4. The van der Waals surface area contributed by atoms with Crippen molar-refractivity contribution < 1.29 is 13.9 Å². The number of carbonyl (C=O) groups excluding carboxylic acids is 1. The van der Waals surface area contributed by atoms with E-state index >= 15 is 0 Å². The quantitative estimate of drug-likeness (QED) is 0.575. The monoisotopic (exact) mass is 346 g/mol. The third-order valence-corrected chi connectivity index (χ3v) is 4.34. The minimum atomic E-state index is -0.0809. The molecule has 0 aliphatic heterocycles. The predicted molar refractivity (Wildman–Crippen MR) is 101 cm³/mol. The maximum atomic E-state index is 12.3. The topological polar surface area (TPSA) is 64.4 Å². The number of para-hydroxylation sites is 1. The summed E-state index contributed by atoms with van der Waals surface area (Å²) in [7, 11) is 1.59. The summed E-state index contributed by atoms with van der Waals surface area (Å²) < 4.78 is 11.4. The lowest BCUT2D eigenvalue weighted by atomic mass is 10.1. The molecule has 0 spiro atoms. The van der Waals surface area contributed by atoms with Gasteiger partial charge in [-0.2, -0.15) is 0 Å². The van der Waals surface area contributed by atoms with Crippen LogP contribution in [0.5, 0.6) is 5.75 Å². The summed E-state index contributed by atoms with van der Waals surface area (Å²) >= 11 is 0. The molecule has 2 aromatic heterocycles. The lowest BCUT2D eigenvalue weighted by molar-refractivity contribution is -0.116. The molecule has 2 heterocycles. The summed E-state index contributed by atoms with van der Waals surface area (Å²) in [5.74, 6) is 0.529. The van der Waals surface area contributed by atoms with E-state index in [1.807, 2.05) is 48.5 Å². The number of ether oxygens (including phenoxy) is 1. The molecule has 0 atom stereocenters. The highest BCUT2D eigenvalue weighted by atomic mass is 16.5. The summed E-state index contributed by atoms with van der Waals surface area (Å²) in [5, 5.41) is 4.91. The molecule has 5 heteroatoms. The van der Waals surface area contributed by atoms with Crippen molar-refractivity contribution in [2.75, 3.05) is 12.4 Å². The van der Waals surface area contributed by atoms with Gasteiger partial charge >= 0.3 is 0 Å². The molecule has 1 N–H and O–H groups in total. The molecule has 4 aromatic rings. The Kier molecular flexibility index (Phi) is 4.27. The van der Waals surface area contributed by atoms with E-state index in [-0.39, 0.29) is 5.91 Å². The largest absolute Gasteiger partial charge is 0.495 e. The number of rotatable bonds is 5. The van der Waals surface area contributed by atoms with Crippen molar-refractivity contribution in [1.82, 2.24) is 4.98 Å². The molecule has 0 bridgehead atoms. The van der Waals surface area contributed by atoms with Gasteiger partial charge in [-0.15, -0.1) is 0 Å². The van der Waals surface area contributed by atoms with Gasteiger partial charge in [0.1, 0.15) is 16.9 Å². The molecule has 0 aliphatic rings. The van der Waals surface area contributed by atoms with Crippen LogP contribution in [0, 0.1) is 0 Å². The maximum Gasteiger partial charge on any atom is 0.224 e. The van der Waals surface area contributed by atoms with Crippen molar-refractivity contribution >= 4 is 33.5 Å². The van der Waals surface area contributed by atoms with Gasteiger partial charge in [0.05, 0.1) is 12.8 Å². The van der Waals surface area contributed by atoms with Crippen molar-refractivity contribution in [3.8, 4) is 5.75 Å². The fourth-order valence-electron chi connectivity index (χ4n) is 3.03. The molecule has 0 aliphatic carbocycles. The van der Waals surface area contributed by atoms with Crippen LogP contribution in [0.1, 0.15) is 12.0 Å². The highest BCUT2D eigenvalue weighted by Gasteiger charge is 2.14. The van der Waals surface area contributed by atoms with Crippen LogP contribution < -0.4 is 10.1 Å². The number of furan rings is 1. The number of aryl methyl sites for hydroxylation is 1. The Bertz CT molecular complexity index is 1070. The van der Waals surface area contributed by atoms with E-state index in [0.29, 0.717) is 24.3 Å². The van der Waals surface area contributed by atoms with Crippen LogP contribution in [0.2, 0.25) is 0 Å². The fraction of sp³-hybridized carbons (Fsp3) is 0.143. The van der Waals surface area contributed by atoms with Crippen LogP contribution in [-0.2, 0) is 11.2 Å². The van der Waals surface area contributed by atoms with Crippen molar-refractivity contribution in [2.45, 2.75) is 12.8 Å². The van der Waals surface area contributed by atoms with E-state index in [1.54, 1.807) is 19.5 Å². The van der Waals surface area contributed by atoms with E-state index in [0.717, 1.165) is 27.5 Å². The zero-order valence-electron chi connectivity index (χ0n) is 14.4. The smallest absolute Gasteiger partial charge is 0.224 e. The van der Waals surface area contributed by atoms with Crippen molar-refractivity contribution in [2.24, 2.45) is 0 Å². The molecule has 0 saturated heterocycles. The van der Waals surface area contributed by atoms with Gasteiger partial charge in [-0.1, -0.05) is 24.3 Å². The van der Waals surface area contributed by atoms with Gasteiger partial charge in [0.15, 0.2) is 0 Å². The van der Waals surface area contributed by atoms with Gasteiger partial charge in [0.2, 0.25) is 5.91 Å². The minimum absolute atomic E-state index is 0.0809. The number of nitrogens with zero attached hydrogens (tertiary/aromatic N) is 1. The van der Waals surface area contributed by atoms with Crippen LogP contribution in [0.3, 0.4) is 0 Å². The molecule has 0 fully saturated rings. The minimum Gasteiger partial charge on any atom is -0.495 e. The van der Waals surface area contributed by atoms with Gasteiger partial charge in [0, 0.05) is 35.7 Å². The normalized spacial score (nSPS) is 11.0. The summed E-state index contributed by atoms with van der Waals surface area (Å²) in [6.07, 6.45) is 4.49. The number of benzene rings is 2. The van der Waals surface area contributed by atoms with Gasteiger partial charge in [-0.25, -0.2) is 0 Å². The van der Waals surface area contributed by atoms with Gasteiger partial charge in [0.25, 0.3) is 0 Å². The molecule has 26 heavy (non-hydrogen) atoms. The van der Waals surface area contributed by atoms with Crippen molar-refractivity contribution in [3.05, 3.63) is 66.5 Å². The number of fused-ring (bicyclic) bond motifs is 3. The molecule has 1 amide bonds. The van der Waals surface area contributed by atoms with Crippen LogP contribution >= 0.6 is 0 Å². The third kappa shape index (κ3) is 3.11. The van der Waals surface area contributed by atoms with Gasteiger partial charge < -0.3 is 14.5 Å². The Labute approximate surface area is 150 Å². The molecule has 5 nitrogen and oxygen atoms in total. The lowest BCUT2D eigenvalue weighted by Crippen LogP contribution is -2.13. The number of hydrogen-bond acceptors (Lipinski definition) is 4. The Morgan fingerprint density at radius 2 is 2.00 bits per heavy atom. The molecule has 0 saturated carbocycles. The first-order chi connectivity index (χ1) is 12.7. The average Bonchev–Trinajstić information content (AvgIpc) is 3.04. The highest BCUT2D eigenvalue weighted by molar-refractivity contribution is 6.07. The van der Waals surface area contributed by atoms with Crippen LogP contribution in [0.15, 0.2) is 65.3 Å². The Morgan fingerprint density at radius 1 is 1.12 bits per heavy atom. The van der Waals surface area contributed by atoms with Crippen LogP contribution in [-0.4, -0.2) is 18.0 Å². The van der Waals surface area contributed by atoms with E-state index in [2.05, 4.69) is 10.3 Å². The average molecular weight is 346 g/mol. The first kappa shape index (κ1) is 16.1. The predicted octanol–water partition coefficient (Wildman–Crippen LogP) is 4.56. The second-order valence-corrected chi connectivity index (χ2v) is 6.06. The van der Waals surface area contributed by atoms with E-state index in [4.69, 9.17) is 9.15 Å². The number of hydrogen-bond donors (Lipinski definition) is 1. The molecular weight excluding hydrogens is 328 g/mol. The van der Waals surface area contributed by atoms with Crippen LogP contribution in [0.25, 0.3) is 21.9 Å². The number of anilines is 1. The first-order valence-corrected chi connectivity index (χ1v) is 8.42. The molecule has 0 radical (unpaired) electrons. The number of nitrogens with one attached hydrogen (secondary N) is 1. The Morgan fingerprint density at radius 3 is 2.81 bits per heavy atom. The second kappa shape index (κ2) is 6.88. The summed E-state index contributed by atoms with van der Waals surface area (Å²) in [6.45, 7) is 0. The van der Waals surface area contributed by atoms with Crippen LogP contribution in [0.4, 0.5) is 5.69 Å². The Hall–Kier alpha value is -3.34. The van der Waals surface area contributed by atoms with Crippen molar-refractivity contribution in [1.29, 1.82) is 0 Å². The SMILES string of the molecule is COc1cc2c(cc1NC(=O)CCc1cccnc1)oc1ccccc12. The first-order valence-electron chi connectivity index (χ1n) is 8.42. The number of carbonyl (C=O) groups is 1. The highest BCUT2D eigenvalue weighted by Crippen LogP contribution is 2.36. The molecule has 0 unspecified atom stereocenters. The standard InChI is InChI=1S/C21H18N2O3/c1-25-20-11-16-15-6-2-3-7-18(15)26-19(16)12-17(20)23-21(24)9-8-14-5-4-10-22-13-14/h2-7,10-13H,8-9H2,1H3,(H,23,24). The molecule has 4 rings (SSSR count). The third-order valence-electron chi connectivity index (χ3n) is 4.34. The molecular formula is C21H18N2O3. The van der Waals surface area contributed by atoms with E-state index in [9.17, 15) is 4.79 Å². The maximum absolute atomic E-state index is 12.3. The number of amides is 1. The number of aromatic nitrogens is 1. The summed E-state index contributed by atoms with van der Waals surface area (Å²) in [6, 6.07) is 15.4. The van der Waals surface area contributed by atoms with E-state index in [1.165, 1.54) is 0 Å². The number of pyridine rings is 1. The van der Waals surface area contributed by atoms with E-state index < -0.39 is 0 Å². The second-order valence-electron chi connectivity index (χ2n) is 6.06. The number of methoxy groups -OCH3 is 1. The van der Waals surface area contributed by atoms with Crippen molar-refractivity contribution in [3.63, 3.8) is 0 Å². The lowest BCUT2D eigenvalue weighted by Gasteiger charge is -2.10. The Balaban J connectivity index is 1.59. The fourth-order valence-corrected chi connectivity index (χ4v) is 3.03. The molecule has 2 aromatic carbocycles. The zero-order chi connectivity index (χ0) is 17.9. The summed E-state index contributed by atoms with van der Waals surface area (Å²) in [5.41, 5.74) is 3.16. The summed E-state index contributed by atoms with van der Waals surface area (Å²) in [4.78, 5) is 16.4.